The van der Waals surface area contributed by atoms with Gasteiger partial charge in [0.2, 0.25) is 5.88 Å². The molecule has 3 aromatic rings. The fourth-order valence-corrected chi connectivity index (χ4v) is 2.67. The van der Waals surface area contributed by atoms with Gasteiger partial charge in [-0.1, -0.05) is 6.07 Å². The third kappa shape index (κ3) is 9.09. The summed E-state index contributed by atoms with van der Waals surface area (Å²) in [4.78, 5) is 26.5. The van der Waals surface area contributed by atoms with E-state index >= 15 is 0 Å². The number of pyridine rings is 2. The summed E-state index contributed by atoms with van der Waals surface area (Å²) in [6, 6.07) is 11.3. The number of halogens is 6. The third-order valence-electron chi connectivity index (χ3n) is 4.41. The van der Waals surface area contributed by atoms with Crippen LogP contribution in [0.15, 0.2) is 48.9 Å². The van der Waals surface area contributed by atoms with E-state index in [0.29, 0.717) is 18.1 Å². The van der Waals surface area contributed by atoms with Crippen molar-refractivity contribution in [3.05, 3.63) is 71.3 Å². The summed E-state index contributed by atoms with van der Waals surface area (Å²) in [6.07, 6.45) is -4.43. The van der Waals surface area contributed by atoms with E-state index in [1.807, 2.05) is 28.8 Å². The molecule has 1 aliphatic rings. The van der Waals surface area contributed by atoms with Gasteiger partial charge in [0, 0.05) is 37.7 Å². The number of carboxylic acids is 2. The topological polar surface area (TPSA) is 150 Å². The first-order chi connectivity index (χ1) is 17.7. The maximum atomic E-state index is 10.6. The normalized spacial score (nSPS) is 12.1. The Morgan fingerprint density at radius 1 is 1.00 bits per heavy atom. The first-order valence-corrected chi connectivity index (χ1v) is 10.2. The number of aliphatic carboxylic acids is 2. The number of hydrogen-bond donors (Lipinski definition) is 3. The van der Waals surface area contributed by atoms with Crippen LogP contribution in [0.1, 0.15) is 22.4 Å². The summed E-state index contributed by atoms with van der Waals surface area (Å²) in [5.74, 6) is -4.14. The Morgan fingerprint density at radius 3 is 2.00 bits per heavy atom. The Hall–Kier alpha value is -4.65. The lowest BCUT2D eigenvalue weighted by Crippen LogP contribution is -2.21. The van der Waals surface area contributed by atoms with Gasteiger partial charge in [-0.15, -0.1) is 0 Å². The first kappa shape index (κ1) is 29.6. The van der Waals surface area contributed by atoms with Crippen LogP contribution < -0.4 is 10.1 Å². The standard InChI is InChI=1S/C18H15N5O.2C2HF3O2/c19-6-13-4-5-16(21-7-13)12-24-18-3-1-2-17(22-18)23-10-14-8-20-9-15(14)11-23;2*3-2(4,5)1(6)7/h1-5,7,10-11,20H,8-9,12H2;2*(H,6,7). The Kier molecular flexibility index (Phi) is 9.76. The van der Waals surface area contributed by atoms with Crippen LogP contribution >= 0.6 is 0 Å². The van der Waals surface area contributed by atoms with Crippen molar-refractivity contribution in [1.29, 1.82) is 5.26 Å². The van der Waals surface area contributed by atoms with Crippen LogP contribution in [-0.4, -0.2) is 49.0 Å². The molecule has 0 atom stereocenters. The quantitative estimate of drug-likeness (QED) is 0.418. The van der Waals surface area contributed by atoms with Gasteiger partial charge >= 0.3 is 24.3 Å². The largest absolute Gasteiger partial charge is 0.490 e. The number of carbonyl (C=O) groups is 2. The monoisotopic (exact) mass is 545 g/mol. The molecule has 38 heavy (non-hydrogen) atoms. The molecule has 3 aromatic heterocycles. The van der Waals surface area contributed by atoms with Crippen LogP contribution in [0.2, 0.25) is 0 Å². The highest BCUT2D eigenvalue weighted by molar-refractivity contribution is 5.73. The molecular formula is C22H17F6N5O5. The highest BCUT2D eigenvalue weighted by Crippen LogP contribution is 2.20. The maximum Gasteiger partial charge on any atom is 0.490 e. The Balaban J connectivity index is 0.000000301. The molecule has 4 rings (SSSR count). The van der Waals surface area contributed by atoms with Crippen molar-refractivity contribution in [1.82, 2.24) is 19.9 Å². The first-order valence-electron chi connectivity index (χ1n) is 10.2. The van der Waals surface area contributed by atoms with Crippen molar-refractivity contribution in [2.45, 2.75) is 32.0 Å². The van der Waals surface area contributed by atoms with Gasteiger partial charge in [-0.05, 0) is 29.3 Å². The van der Waals surface area contributed by atoms with Crippen molar-refractivity contribution in [2.24, 2.45) is 0 Å². The minimum absolute atomic E-state index is 0.314. The molecule has 0 unspecified atom stereocenters. The van der Waals surface area contributed by atoms with Gasteiger partial charge in [0.15, 0.2) is 0 Å². The van der Waals surface area contributed by atoms with Crippen LogP contribution in [0.4, 0.5) is 26.3 Å². The van der Waals surface area contributed by atoms with E-state index in [1.165, 1.54) is 17.3 Å². The molecule has 0 saturated carbocycles. The summed E-state index contributed by atoms with van der Waals surface area (Å²) in [5.41, 5.74) is 3.91. The molecule has 202 valence electrons. The van der Waals surface area contributed by atoms with Gasteiger partial charge in [-0.2, -0.15) is 36.6 Å². The average Bonchev–Trinajstić information content (AvgIpc) is 3.46. The summed E-state index contributed by atoms with van der Waals surface area (Å²) in [7, 11) is 0. The Bertz CT molecular complexity index is 1250. The number of fused-ring (bicyclic) bond motifs is 1. The molecule has 0 aromatic carbocycles. The van der Waals surface area contributed by atoms with Crippen molar-refractivity contribution in [3.63, 3.8) is 0 Å². The van der Waals surface area contributed by atoms with Gasteiger partial charge in [-0.3, -0.25) is 4.98 Å². The van der Waals surface area contributed by atoms with Crippen LogP contribution in [-0.2, 0) is 29.3 Å². The number of alkyl halides is 6. The van der Waals surface area contributed by atoms with Crippen LogP contribution in [0, 0.1) is 11.3 Å². The third-order valence-corrected chi connectivity index (χ3v) is 4.41. The van der Waals surface area contributed by atoms with Gasteiger partial charge in [0.05, 0.1) is 11.3 Å². The van der Waals surface area contributed by atoms with Crippen LogP contribution in [0.5, 0.6) is 5.88 Å². The van der Waals surface area contributed by atoms with Crippen molar-refractivity contribution in [2.75, 3.05) is 0 Å². The van der Waals surface area contributed by atoms with Crippen LogP contribution in [0.25, 0.3) is 5.82 Å². The summed E-state index contributed by atoms with van der Waals surface area (Å²) >= 11 is 0. The smallest absolute Gasteiger partial charge is 0.475 e. The van der Waals surface area contributed by atoms with Gasteiger partial charge in [0.1, 0.15) is 18.5 Å². The van der Waals surface area contributed by atoms with E-state index in [2.05, 4.69) is 27.7 Å². The minimum atomic E-state index is -5.08. The minimum Gasteiger partial charge on any atom is -0.475 e. The second-order valence-electron chi connectivity index (χ2n) is 7.20. The predicted octanol–water partition coefficient (Wildman–Crippen LogP) is 3.59. The second kappa shape index (κ2) is 12.5. The molecule has 0 amide bonds. The lowest BCUT2D eigenvalue weighted by Gasteiger charge is -2.07. The average molecular weight is 545 g/mol. The Labute approximate surface area is 209 Å². The molecule has 4 heterocycles. The molecule has 3 N–H and O–H groups in total. The molecule has 0 bridgehead atoms. The van der Waals surface area contributed by atoms with Gasteiger partial charge < -0.3 is 24.8 Å². The molecule has 1 aliphatic heterocycles. The number of aromatic nitrogens is 3. The van der Waals surface area contributed by atoms with E-state index in [9.17, 15) is 26.3 Å². The highest BCUT2D eigenvalue weighted by atomic mass is 19.4. The molecule has 0 fully saturated rings. The number of nitrogens with one attached hydrogen (secondary N) is 1. The maximum absolute atomic E-state index is 10.6. The van der Waals surface area contributed by atoms with Crippen molar-refractivity contribution in [3.8, 4) is 17.8 Å². The summed E-state index contributed by atoms with van der Waals surface area (Å²) < 4.78 is 71.2. The zero-order valence-corrected chi connectivity index (χ0v) is 18.9. The fourth-order valence-electron chi connectivity index (χ4n) is 2.67. The number of carboxylic acid groups (broad SMARTS) is 2. The van der Waals surface area contributed by atoms with Gasteiger partial charge in [-0.25, -0.2) is 9.59 Å². The number of ether oxygens (including phenoxy) is 1. The number of hydrogen-bond acceptors (Lipinski definition) is 7. The van der Waals surface area contributed by atoms with Crippen molar-refractivity contribution >= 4 is 11.9 Å². The van der Waals surface area contributed by atoms with E-state index in [1.54, 1.807) is 12.1 Å². The number of nitriles is 1. The van der Waals surface area contributed by atoms with E-state index in [0.717, 1.165) is 24.6 Å². The predicted molar refractivity (Wildman–Crippen MR) is 115 cm³/mol. The Morgan fingerprint density at radius 2 is 1.55 bits per heavy atom. The lowest BCUT2D eigenvalue weighted by atomic mass is 10.2. The van der Waals surface area contributed by atoms with E-state index < -0.39 is 24.3 Å². The molecule has 0 spiro atoms. The molecule has 0 radical (unpaired) electrons. The SMILES string of the molecule is N#Cc1ccc(COc2cccc(-n3cc4c(c3)CNC4)n2)nc1.O=C(O)C(F)(F)F.O=C(O)C(F)(F)F. The van der Waals surface area contributed by atoms with Crippen LogP contribution in [0.3, 0.4) is 0 Å². The summed E-state index contributed by atoms with van der Waals surface area (Å²) in [6.45, 7) is 2.13. The molecule has 16 heteroatoms. The van der Waals surface area contributed by atoms with E-state index in [4.69, 9.17) is 29.8 Å². The number of rotatable bonds is 4. The molecule has 0 aliphatic carbocycles. The molecule has 10 nitrogen and oxygen atoms in total. The van der Waals surface area contributed by atoms with Crippen molar-refractivity contribution < 1.29 is 50.9 Å². The van der Waals surface area contributed by atoms with Gasteiger partial charge in [0.25, 0.3) is 0 Å². The zero-order chi connectivity index (χ0) is 28.5. The summed E-state index contributed by atoms with van der Waals surface area (Å²) in [5, 5.41) is 26.3. The lowest BCUT2D eigenvalue weighted by molar-refractivity contribution is -0.193. The molecular weight excluding hydrogens is 528 g/mol. The number of nitrogens with zero attached hydrogens (tertiary/aromatic N) is 4. The van der Waals surface area contributed by atoms with E-state index in [-0.39, 0.29) is 0 Å². The fraction of sp³-hybridized carbons (Fsp3) is 0.227. The second-order valence-corrected chi connectivity index (χ2v) is 7.20. The zero-order valence-electron chi connectivity index (χ0n) is 18.9. The highest BCUT2D eigenvalue weighted by Gasteiger charge is 2.38. The molecule has 0 saturated heterocycles.